The number of ether oxygens (including phenoxy) is 3. The van der Waals surface area contributed by atoms with Crippen LogP contribution in [-0.4, -0.2) is 40.9 Å². The lowest BCUT2D eigenvalue weighted by Gasteiger charge is -2.16. The normalized spacial score (nSPS) is 15.1. The van der Waals surface area contributed by atoms with Gasteiger partial charge in [-0.15, -0.1) is 4.40 Å². The second-order valence-electron chi connectivity index (χ2n) is 6.04. The molecule has 0 amide bonds. The van der Waals surface area contributed by atoms with E-state index in [0.717, 1.165) is 11.8 Å². The summed E-state index contributed by atoms with van der Waals surface area (Å²) in [5, 5.41) is 3.27. The van der Waals surface area contributed by atoms with Crippen LogP contribution in [0, 0.1) is 6.92 Å². The van der Waals surface area contributed by atoms with E-state index in [-0.39, 0.29) is 16.0 Å². The molecule has 0 aromatic heterocycles. The van der Waals surface area contributed by atoms with Crippen LogP contribution in [0.25, 0.3) is 0 Å². The zero-order valence-corrected chi connectivity index (χ0v) is 18.9. The van der Waals surface area contributed by atoms with Crippen LogP contribution in [0.15, 0.2) is 43.4 Å². The molecule has 12 heteroatoms. The first-order valence-electron chi connectivity index (χ1n) is 8.42. The number of hydrogen-bond donors (Lipinski definition) is 2. The summed E-state index contributed by atoms with van der Waals surface area (Å²) in [4.78, 5) is 4.61. The number of fused-ring (bicyclic) bond motifs is 1. The summed E-state index contributed by atoms with van der Waals surface area (Å²) in [5.41, 5.74) is 7.10. The van der Waals surface area contributed by atoms with Gasteiger partial charge in [0.2, 0.25) is 10.9 Å². The molecule has 30 heavy (non-hydrogen) atoms. The smallest absolute Gasteiger partial charge is 0.285 e. The Kier molecular flexibility index (Phi) is 6.34. The topological polar surface area (TPSA) is 125 Å². The number of nitrogens with two attached hydrogens (primary N) is 1. The molecule has 0 spiro atoms. The van der Waals surface area contributed by atoms with E-state index in [1.54, 1.807) is 25.1 Å². The Morgan fingerprint density at radius 2 is 1.77 bits per heavy atom. The van der Waals surface area contributed by atoms with Crippen LogP contribution in [0.2, 0.25) is 5.02 Å². The van der Waals surface area contributed by atoms with Gasteiger partial charge in [0, 0.05) is 27.7 Å². The van der Waals surface area contributed by atoms with Crippen LogP contribution < -0.4 is 25.3 Å². The van der Waals surface area contributed by atoms with E-state index in [9.17, 15) is 8.42 Å². The molecule has 0 unspecified atom stereocenters. The molecule has 3 rings (SSSR count). The molecule has 0 aliphatic carbocycles. The third kappa shape index (κ3) is 4.42. The van der Waals surface area contributed by atoms with Gasteiger partial charge in [0.25, 0.3) is 10.0 Å². The van der Waals surface area contributed by atoms with Crippen LogP contribution in [0.3, 0.4) is 0 Å². The predicted octanol–water partition coefficient (Wildman–Crippen LogP) is 3.25. The standard InChI is InChI=1S/C18H19ClN4O5S2/c1-9-5-15-14(8-11(9)19)29-18(23-30(15,24)25)22-17(20)21-10-6-12(26-2)16(28-4)13(7-10)27-3/h5-8H,1-4H3,(H3,20,21,22,23). The SMILES string of the molecule is COc1cc(N/C(N)=N\C2=NS(=O)(=O)c3cc(C)c(Cl)cc3S2)cc(OC)c1OC. The van der Waals surface area contributed by atoms with E-state index in [0.29, 0.717) is 38.4 Å². The average Bonchev–Trinajstić information content (AvgIpc) is 2.68. The van der Waals surface area contributed by atoms with Gasteiger partial charge < -0.3 is 25.3 Å². The highest BCUT2D eigenvalue weighted by molar-refractivity contribution is 8.15. The third-order valence-corrected chi connectivity index (χ3v) is 6.94. The molecular formula is C18H19ClN4O5S2. The maximum Gasteiger partial charge on any atom is 0.285 e. The van der Waals surface area contributed by atoms with Gasteiger partial charge in [-0.1, -0.05) is 11.6 Å². The van der Waals surface area contributed by atoms with Gasteiger partial charge in [-0.25, -0.2) is 0 Å². The molecule has 0 radical (unpaired) electrons. The molecule has 0 saturated carbocycles. The molecule has 9 nitrogen and oxygen atoms in total. The summed E-state index contributed by atoms with van der Waals surface area (Å²) >= 11 is 7.18. The lowest BCUT2D eigenvalue weighted by atomic mass is 10.2. The van der Waals surface area contributed by atoms with Crippen LogP contribution in [0.4, 0.5) is 5.69 Å². The Labute approximate surface area is 183 Å². The van der Waals surface area contributed by atoms with Crippen molar-refractivity contribution in [3.63, 3.8) is 0 Å². The number of nitrogens with one attached hydrogen (secondary N) is 1. The fourth-order valence-corrected chi connectivity index (χ4v) is 5.44. The number of nitrogens with zero attached hydrogens (tertiary/aromatic N) is 2. The van der Waals surface area contributed by atoms with Crippen molar-refractivity contribution < 1.29 is 22.6 Å². The lowest BCUT2D eigenvalue weighted by Crippen LogP contribution is -2.24. The van der Waals surface area contributed by atoms with Crippen molar-refractivity contribution in [3.05, 3.63) is 34.9 Å². The van der Waals surface area contributed by atoms with Crippen molar-refractivity contribution in [3.8, 4) is 17.2 Å². The molecule has 160 valence electrons. The molecule has 0 fully saturated rings. The highest BCUT2D eigenvalue weighted by Crippen LogP contribution is 2.40. The highest BCUT2D eigenvalue weighted by atomic mass is 35.5. The second kappa shape index (κ2) is 8.62. The molecule has 0 saturated heterocycles. The molecule has 0 atom stereocenters. The number of guanidine groups is 1. The van der Waals surface area contributed by atoms with Crippen LogP contribution >= 0.6 is 23.4 Å². The third-order valence-electron chi connectivity index (χ3n) is 4.06. The minimum atomic E-state index is -3.92. The molecule has 0 bridgehead atoms. The minimum Gasteiger partial charge on any atom is -0.493 e. The molecule has 1 aliphatic heterocycles. The van der Waals surface area contributed by atoms with Crippen LogP contribution in [0.1, 0.15) is 5.56 Å². The van der Waals surface area contributed by atoms with Gasteiger partial charge >= 0.3 is 0 Å². The van der Waals surface area contributed by atoms with E-state index in [1.165, 1.54) is 27.4 Å². The number of hydrogen-bond acceptors (Lipinski definition) is 7. The van der Waals surface area contributed by atoms with Crippen molar-refractivity contribution in [1.29, 1.82) is 0 Å². The lowest BCUT2D eigenvalue weighted by molar-refractivity contribution is 0.324. The van der Waals surface area contributed by atoms with Crippen molar-refractivity contribution in [2.75, 3.05) is 26.6 Å². The number of aliphatic imine (C=N–C) groups is 1. The first-order valence-corrected chi connectivity index (χ1v) is 11.1. The second-order valence-corrected chi connectivity index (χ2v) is 9.02. The first-order chi connectivity index (χ1) is 14.2. The van der Waals surface area contributed by atoms with E-state index >= 15 is 0 Å². The number of anilines is 1. The average molecular weight is 471 g/mol. The van der Waals surface area contributed by atoms with Crippen molar-refractivity contribution >= 4 is 50.2 Å². The van der Waals surface area contributed by atoms with Crippen molar-refractivity contribution in [1.82, 2.24) is 0 Å². The summed E-state index contributed by atoms with van der Waals surface area (Å²) < 4.78 is 44.6. The maximum atomic E-state index is 12.5. The Hall–Kier alpha value is -2.63. The zero-order chi connectivity index (χ0) is 22.1. The summed E-state index contributed by atoms with van der Waals surface area (Å²) in [7, 11) is 0.550. The van der Waals surface area contributed by atoms with Gasteiger partial charge in [-0.3, -0.25) is 0 Å². The van der Waals surface area contributed by atoms with Crippen molar-refractivity contribution in [2.24, 2.45) is 15.1 Å². The Bertz CT molecular complexity index is 1140. The number of thioether (sulfide) groups is 1. The number of sulfonamides is 1. The number of benzene rings is 2. The number of aryl methyl sites for hydroxylation is 1. The van der Waals surface area contributed by atoms with Crippen molar-refractivity contribution in [2.45, 2.75) is 16.7 Å². The van der Waals surface area contributed by atoms with E-state index in [4.69, 9.17) is 31.5 Å². The Morgan fingerprint density at radius 3 is 2.33 bits per heavy atom. The molecule has 2 aromatic carbocycles. The number of amidine groups is 1. The summed E-state index contributed by atoms with van der Waals surface area (Å²) in [6, 6.07) is 6.32. The largest absolute Gasteiger partial charge is 0.493 e. The van der Waals surface area contributed by atoms with Gasteiger partial charge in [0.15, 0.2) is 17.5 Å². The van der Waals surface area contributed by atoms with Gasteiger partial charge in [0.05, 0.1) is 21.3 Å². The zero-order valence-electron chi connectivity index (χ0n) is 16.5. The Morgan fingerprint density at radius 1 is 1.13 bits per heavy atom. The quantitative estimate of drug-likeness (QED) is 0.515. The molecule has 3 N–H and O–H groups in total. The van der Waals surface area contributed by atoms with Gasteiger partial charge in [0.1, 0.15) is 4.90 Å². The monoisotopic (exact) mass is 470 g/mol. The van der Waals surface area contributed by atoms with E-state index < -0.39 is 10.0 Å². The molecule has 1 aliphatic rings. The fourth-order valence-electron chi connectivity index (χ4n) is 2.66. The molecule has 1 heterocycles. The predicted molar refractivity (Wildman–Crippen MR) is 118 cm³/mol. The molecule has 2 aromatic rings. The minimum absolute atomic E-state index is 0.0418. The van der Waals surface area contributed by atoms with E-state index in [1.807, 2.05) is 0 Å². The van der Waals surface area contributed by atoms with Crippen LogP contribution in [-0.2, 0) is 10.0 Å². The highest BCUT2D eigenvalue weighted by Gasteiger charge is 2.27. The summed E-state index contributed by atoms with van der Waals surface area (Å²) in [6.45, 7) is 1.72. The summed E-state index contributed by atoms with van der Waals surface area (Å²) in [6.07, 6.45) is 0. The van der Waals surface area contributed by atoms with Crippen LogP contribution in [0.5, 0.6) is 17.2 Å². The summed E-state index contributed by atoms with van der Waals surface area (Å²) in [5.74, 6) is 1.17. The first kappa shape index (κ1) is 22.1. The fraction of sp³-hybridized carbons (Fsp3) is 0.222. The maximum absolute atomic E-state index is 12.5. The number of rotatable bonds is 4. The molecular weight excluding hydrogens is 452 g/mol. The Balaban J connectivity index is 1.91. The number of halogens is 1. The van der Waals surface area contributed by atoms with E-state index in [2.05, 4.69) is 14.7 Å². The van der Waals surface area contributed by atoms with Gasteiger partial charge in [-0.05, 0) is 36.4 Å². The van der Waals surface area contributed by atoms with Gasteiger partial charge in [-0.2, -0.15) is 13.4 Å². The number of methoxy groups -OCH3 is 3.